The van der Waals surface area contributed by atoms with Gasteiger partial charge in [-0.1, -0.05) is 19.1 Å². The van der Waals surface area contributed by atoms with E-state index in [4.69, 9.17) is 0 Å². The van der Waals surface area contributed by atoms with Crippen molar-refractivity contribution in [1.82, 2.24) is 9.88 Å². The van der Waals surface area contributed by atoms with Crippen LogP contribution in [0, 0.1) is 24.6 Å². The number of carbonyl (C=O) groups is 1. The lowest BCUT2D eigenvalue weighted by atomic mass is 9.92. The molecule has 2 fully saturated rings. The Morgan fingerprint density at radius 2 is 1.90 bits per heavy atom. The predicted octanol–water partition coefficient (Wildman–Crippen LogP) is 3.65. The molecule has 2 aromatic carbocycles. The first-order chi connectivity index (χ1) is 14.6. The predicted molar refractivity (Wildman–Crippen MR) is 118 cm³/mol. The molecule has 6 nitrogen and oxygen atoms in total. The zero-order valence-electron chi connectivity index (χ0n) is 17.6. The number of hydrogen-bond donors (Lipinski definition) is 2. The summed E-state index contributed by atoms with van der Waals surface area (Å²) in [5, 5.41) is 0.729. The third-order valence-electron chi connectivity index (χ3n) is 7.06. The molecule has 162 valence electrons. The average molecular weight is 442 g/mol. The van der Waals surface area contributed by atoms with Crippen LogP contribution in [0.5, 0.6) is 0 Å². The Kier molecular flexibility index (Phi) is 4.25. The quantitative estimate of drug-likeness (QED) is 0.648. The largest absolute Gasteiger partial charge is 0.350 e. The number of halogens is 1. The van der Waals surface area contributed by atoms with Crippen LogP contribution >= 0.6 is 0 Å². The van der Waals surface area contributed by atoms with Crippen molar-refractivity contribution in [2.24, 2.45) is 11.8 Å². The van der Waals surface area contributed by atoms with Crippen molar-refractivity contribution in [3.05, 3.63) is 65.1 Å². The third-order valence-corrected chi connectivity index (χ3v) is 7.67. The maximum absolute atomic E-state index is 13.6. The molecule has 2 atom stereocenters. The Labute approximate surface area is 180 Å². The highest BCUT2D eigenvalue weighted by molar-refractivity contribution is 7.92. The summed E-state index contributed by atoms with van der Waals surface area (Å²) < 4.78 is 39.3. The van der Waals surface area contributed by atoms with Crippen molar-refractivity contribution in [2.75, 3.05) is 24.1 Å². The summed E-state index contributed by atoms with van der Waals surface area (Å²) in [4.78, 5) is 18.2. The number of fused-ring (bicyclic) bond motifs is 2. The number of anilines is 1. The number of aromatic amines is 1. The summed E-state index contributed by atoms with van der Waals surface area (Å²) >= 11 is 0. The van der Waals surface area contributed by atoms with E-state index in [1.807, 2.05) is 30.0 Å². The molecule has 8 heteroatoms. The van der Waals surface area contributed by atoms with Crippen LogP contribution in [0.15, 0.2) is 42.5 Å². The van der Waals surface area contributed by atoms with Gasteiger partial charge in [0.25, 0.3) is 5.91 Å². The summed E-state index contributed by atoms with van der Waals surface area (Å²) in [6.45, 7) is 5.31. The van der Waals surface area contributed by atoms with E-state index < -0.39 is 10.0 Å². The van der Waals surface area contributed by atoms with Gasteiger partial charge in [0, 0.05) is 35.1 Å². The minimum Gasteiger partial charge on any atom is -0.350 e. The molecule has 0 radical (unpaired) electrons. The Morgan fingerprint density at radius 3 is 2.58 bits per heavy atom. The van der Waals surface area contributed by atoms with Crippen molar-refractivity contribution < 1.29 is 17.6 Å². The van der Waals surface area contributed by atoms with E-state index in [0.29, 0.717) is 36.3 Å². The van der Waals surface area contributed by atoms with E-state index in [9.17, 15) is 17.6 Å². The molecule has 2 aliphatic rings. The van der Waals surface area contributed by atoms with Gasteiger partial charge in [-0.25, -0.2) is 12.8 Å². The minimum absolute atomic E-state index is 0.0591. The van der Waals surface area contributed by atoms with E-state index in [2.05, 4.69) is 16.6 Å². The van der Waals surface area contributed by atoms with Crippen LogP contribution < -0.4 is 4.72 Å². The second-order valence-electron chi connectivity index (χ2n) is 8.98. The molecule has 0 spiro atoms. The number of rotatable bonds is 4. The molecule has 1 aromatic heterocycles. The molecule has 2 N–H and O–H groups in total. The van der Waals surface area contributed by atoms with Crippen molar-refractivity contribution >= 4 is 32.5 Å². The Bertz CT molecular complexity index is 1320. The van der Waals surface area contributed by atoms with Crippen molar-refractivity contribution in [3.8, 4) is 0 Å². The number of amides is 1. The first-order valence-corrected chi connectivity index (χ1v) is 12.1. The van der Waals surface area contributed by atoms with Crippen LogP contribution in [-0.4, -0.2) is 43.6 Å². The lowest BCUT2D eigenvalue weighted by Gasteiger charge is -2.25. The summed E-state index contributed by atoms with van der Waals surface area (Å²) in [6.07, 6.45) is 1.14. The monoisotopic (exact) mass is 441 g/mol. The topological polar surface area (TPSA) is 82.3 Å². The number of likely N-dealkylation sites (tertiary alicyclic amines) is 1. The highest BCUT2D eigenvalue weighted by Crippen LogP contribution is 2.63. The molecular formula is C23H24FN3O3S. The average Bonchev–Trinajstić information content (AvgIpc) is 3.03. The first kappa shape index (κ1) is 20.1. The number of hydrogen-bond acceptors (Lipinski definition) is 3. The normalized spacial score (nSPS) is 25.0. The van der Waals surface area contributed by atoms with Crippen LogP contribution in [0.1, 0.15) is 28.5 Å². The van der Waals surface area contributed by atoms with Gasteiger partial charge >= 0.3 is 0 Å². The van der Waals surface area contributed by atoms with Crippen LogP contribution in [0.25, 0.3) is 10.9 Å². The number of H-pyrrole nitrogens is 1. The fraction of sp³-hybridized carbons (Fsp3) is 0.348. The molecular weight excluding hydrogens is 417 g/mol. The molecule has 3 aromatic rings. The van der Waals surface area contributed by atoms with E-state index in [1.165, 1.54) is 12.1 Å². The Hall–Kier alpha value is -2.87. The Morgan fingerprint density at radius 1 is 1.19 bits per heavy atom. The first-order valence-electron chi connectivity index (χ1n) is 10.2. The van der Waals surface area contributed by atoms with Crippen LogP contribution in [0.2, 0.25) is 0 Å². The van der Waals surface area contributed by atoms with Crippen LogP contribution in [0.3, 0.4) is 0 Å². The van der Waals surface area contributed by atoms with Gasteiger partial charge in [-0.15, -0.1) is 0 Å². The van der Waals surface area contributed by atoms with Gasteiger partial charge in [-0.3, -0.25) is 9.52 Å². The van der Waals surface area contributed by atoms with Crippen molar-refractivity contribution in [1.29, 1.82) is 0 Å². The molecule has 2 unspecified atom stereocenters. The van der Waals surface area contributed by atoms with Crippen LogP contribution in [-0.2, 0) is 15.4 Å². The van der Waals surface area contributed by atoms with Crippen molar-refractivity contribution in [2.45, 2.75) is 19.3 Å². The molecule has 1 saturated heterocycles. The molecule has 0 bridgehead atoms. The fourth-order valence-corrected chi connectivity index (χ4v) is 5.83. The number of aromatic nitrogens is 1. The molecule has 31 heavy (non-hydrogen) atoms. The number of piperidine rings is 1. The molecule has 5 rings (SSSR count). The number of carbonyl (C=O) groups excluding carboxylic acids is 1. The highest BCUT2D eigenvalue weighted by Gasteiger charge is 2.66. The van der Waals surface area contributed by atoms with E-state index in [-0.39, 0.29) is 17.1 Å². The maximum Gasteiger partial charge on any atom is 0.270 e. The second-order valence-corrected chi connectivity index (χ2v) is 10.7. The fourth-order valence-electron chi connectivity index (χ4n) is 5.28. The standard InChI is InChI=1S/C23H24FN3O3S/c1-13-17-10-15(24)7-8-20(17)25-21(13)22(28)27-11-18-19(12-27)23(18,2)14-5-4-6-16(9-14)26-31(3,29)30/h4-10,18-19,25-26H,11-12H2,1-3H3. The lowest BCUT2D eigenvalue weighted by molar-refractivity contribution is 0.0759. The molecule has 1 saturated carbocycles. The summed E-state index contributed by atoms with van der Waals surface area (Å²) in [5.41, 5.74) is 3.60. The van der Waals surface area contributed by atoms with Gasteiger partial charge in [0.15, 0.2) is 0 Å². The zero-order valence-corrected chi connectivity index (χ0v) is 18.4. The summed E-state index contributed by atoms with van der Waals surface area (Å²) in [5.74, 6) is 0.273. The smallest absolute Gasteiger partial charge is 0.270 e. The van der Waals surface area contributed by atoms with Gasteiger partial charge < -0.3 is 9.88 Å². The minimum atomic E-state index is -3.34. The number of nitrogens with zero attached hydrogens (tertiary/aromatic N) is 1. The maximum atomic E-state index is 13.6. The SMILES string of the molecule is Cc1c(C(=O)N2CC3C(C2)C3(C)c2cccc(NS(C)(=O)=O)c2)[nH]c2ccc(F)cc12. The summed E-state index contributed by atoms with van der Waals surface area (Å²) in [7, 11) is -3.34. The number of sulfonamides is 1. The van der Waals surface area contributed by atoms with E-state index >= 15 is 0 Å². The van der Waals surface area contributed by atoms with Gasteiger partial charge in [0.2, 0.25) is 10.0 Å². The molecule has 1 aliphatic heterocycles. The van der Waals surface area contributed by atoms with Crippen molar-refractivity contribution in [3.63, 3.8) is 0 Å². The van der Waals surface area contributed by atoms with Crippen LogP contribution in [0.4, 0.5) is 10.1 Å². The van der Waals surface area contributed by atoms with Gasteiger partial charge in [0.1, 0.15) is 11.5 Å². The number of benzene rings is 2. The third kappa shape index (κ3) is 3.20. The van der Waals surface area contributed by atoms with Gasteiger partial charge in [0.05, 0.1) is 6.26 Å². The Balaban J connectivity index is 1.35. The second kappa shape index (κ2) is 6.56. The summed E-state index contributed by atoms with van der Waals surface area (Å²) in [6, 6.07) is 12.0. The molecule has 2 heterocycles. The lowest BCUT2D eigenvalue weighted by Crippen LogP contribution is -2.35. The molecule has 1 amide bonds. The number of nitrogens with one attached hydrogen (secondary N) is 2. The van der Waals surface area contributed by atoms with E-state index in [1.54, 1.807) is 12.1 Å². The molecule has 1 aliphatic carbocycles. The highest BCUT2D eigenvalue weighted by atomic mass is 32.2. The van der Waals surface area contributed by atoms with E-state index in [0.717, 1.165) is 28.3 Å². The number of aryl methyl sites for hydroxylation is 1. The van der Waals surface area contributed by atoms with Gasteiger partial charge in [-0.2, -0.15) is 0 Å². The van der Waals surface area contributed by atoms with Gasteiger partial charge in [-0.05, 0) is 60.2 Å². The zero-order chi connectivity index (χ0) is 22.1.